The van der Waals surface area contributed by atoms with Gasteiger partial charge in [-0.1, -0.05) is 29.3 Å². The maximum Gasteiger partial charge on any atom is 0.321 e. The molecule has 150 valence electrons. The number of carbonyl (C=O) groups is 1. The number of urea groups is 1. The summed E-state index contributed by atoms with van der Waals surface area (Å²) in [5.41, 5.74) is 0.238. The Labute approximate surface area is 175 Å². The fourth-order valence-electron chi connectivity index (χ4n) is 7.75. The highest BCUT2D eigenvalue weighted by Gasteiger charge is 2.61. The number of rotatable bonds is 2. The van der Waals surface area contributed by atoms with E-state index in [0.717, 1.165) is 44.2 Å². The predicted octanol–water partition coefficient (Wildman–Crippen LogP) is 4.66. The molecule has 4 bridgehead atoms. The topological polar surface area (TPSA) is 43.8 Å². The maximum absolute atomic E-state index is 13.6. The second-order valence-corrected chi connectivity index (χ2v) is 10.8. The number of nitrogens with zero attached hydrogens (tertiary/aromatic N) is 2. The molecule has 3 unspecified atom stereocenters. The Kier molecular flexibility index (Phi) is 3.70. The molecule has 3 atom stereocenters. The first-order valence-corrected chi connectivity index (χ1v) is 11.4. The van der Waals surface area contributed by atoms with E-state index in [2.05, 4.69) is 9.80 Å². The molecule has 6 aliphatic rings. The first-order valence-electron chi connectivity index (χ1n) is 10.6. The summed E-state index contributed by atoms with van der Waals surface area (Å²) < 4.78 is 0. The Morgan fingerprint density at radius 1 is 1.11 bits per heavy atom. The van der Waals surface area contributed by atoms with E-state index in [1.165, 1.54) is 12.8 Å². The van der Waals surface area contributed by atoms with Crippen LogP contribution in [0.15, 0.2) is 18.2 Å². The van der Waals surface area contributed by atoms with Gasteiger partial charge in [0.1, 0.15) is 0 Å². The van der Waals surface area contributed by atoms with Crippen molar-refractivity contribution in [1.82, 2.24) is 9.80 Å². The van der Waals surface area contributed by atoms with Gasteiger partial charge in [0.25, 0.3) is 0 Å². The molecule has 28 heavy (non-hydrogen) atoms. The van der Waals surface area contributed by atoms with Gasteiger partial charge in [-0.25, -0.2) is 4.79 Å². The Balaban J connectivity index is 1.37. The van der Waals surface area contributed by atoms with Gasteiger partial charge in [0.05, 0.1) is 17.7 Å². The molecule has 4 nitrogen and oxygen atoms in total. The molecule has 1 N–H and O–H groups in total. The third kappa shape index (κ3) is 2.31. The SMILES string of the molecule is O=C1N(C2C3CC4CC2CC(O)(C4)C3)CC2(c3ccc(Cl)cc3Cl)CCCN12. The highest BCUT2D eigenvalue weighted by atomic mass is 35.5. The van der Waals surface area contributed by atoms with Gasteiger partial charge >= 0.3 is 6.03 Å². The average Bonchev–Trinajstić information content (AvgIpc) is 3.13. The summed E-state index contributed by atoms with van der Waals surface area (Å²) in [7, 11) is 0. The molecule has 7 rings (SSSR count). The van der Waals surface area contributed by atoms with Crippen LogP contribution in [0.5, 0.6) is 0 Å². The van der Waals surface area contributed by atoms with Crippen molar-refractivity contribution in [3.05, 3.63) is 33.8 Å². The molecule has 1 aromatic rings. The van der Waals surface area contributed by atoms with E-state index in [-0.39, 0.29) is 17.6 Å². The minimum Gasteiger partial charge on any atom is -0.390 e. The van der Waals surface area contributed by atoms with Crippen molar-refractivity contribution in [1.29, 1.82) is 0 Å². The molecule has 0 aromatic heterocycles. The lowest BCUT2D eigenvalue weighted by atomic mass is 9.52. The fraction of sp³-hybridized carbons (Fsp3) is 0.682. The molecule has 2 heterocycles. The zero-order valence-corrected chi connectivity index (χ0v) is 17.4. The molecule has 1 aromatic carbocycles. The zero-order chi connectivity index (χ0) is 19.3. The molecule has 6 heteroatoms. The van der Waals surface area contributed by atoms with E-state index in [9.17, 15) is 9.90 Å². The lowest BCUT2D eigenvalue weighted by Gasteiger charge is -2.59. The standard InChI is InChI=1S/C22H26Cl2N2O2/c23-16-2-3-17(18(24)8-16)22-4-1-5-26(22)20(27)25(12-22)19-14-6-13-7-15(19)11-21(28,9-13)10-14/h2-3,8,13-15,19,28H,1,4-7,9-12H2. The molecule has 2 aliphatic heterocycles. The number of hydrogen-bond donors (Lipinski definition) is 1. The third-order valence-corrected chi connectivity index (χ3v) is 8.93. The van der Waals surface area contributed by atoms with Crippen molar-refractivity contribution in [2.24, 2.45) is 17.8 Å². The number of aliphatic hydroxyl groups is 1. The minimum absolute atomic E-state index is 0.174. The largest absolute Gasteiger partial charge is 0.390 e. The second-order valence-electron chi connectivity index (χ2n) is 10.0. The van der Waals surface area contributed by atoms with Gasteiger partial charge in [-0.15, -0.1) is 0 Å². The van der Waals surface area contributed by atoms with Crippen LogP contribution in [0.2, 0.25) is 10.0 Å². The first-order chi connectivity index (χ1) is 13.4. The van der Waals surface area contributed by atoms with E-state index in [1.54, 1.807) is 6.07 Å². The number of carbonyl (C=O) groups excluding carboxylic acids is 1. The number of fused-ring (bicyclic) bond motifs is 1. The number of halogens is 2. The summed E-state index contributed by atoms with van der Waals surface area (Å²) >= 11 is 12.8. The maximum atomic E-state index is 13.6. The normalized spacial score (nSPS) is 43.9. The third-order valence-electron chi connectivity index (χ3n) is 8.38. The molecule has 0 spiro atoms. The van der Waals surface area contributed by atoms with E-state index >= 15 is 0 Å². The van der Waals surface area contributed by atoms with Gasteiger partial charge < -0.3 is 14.9 Å². The smallest absolute Gasteiger partial charge is 0.321 e. The van der Waals surface area contributed by atoms with Crippen molar-refractivity contribution in [3.8, 4) is 0 Å². The van der Waals surface area contributed by atoms with E-state index in [1.807, 2.05) is 12.1 Å². The van der Waals surface area contributed by atoms with Gasteiger partial charge in [-0.05, 0) is 80.4 Å². The first kappa shape index (κ1) is 17.9. The van der Waals surface area contributed by atoms with E-state index < -0.39 is 5.60 Å². The highest BCUT2D eigenvalue weighted by Crippen LogP contribution is 2.59. The summed E-state index contributed by atoms with van der Waals surface area (Å²) in [5, 5.41) is 12.2. The summed E-state index contributed by atoms with van der Waals surface area (Å²) in [6.45, 7) is 1.51. The average molecular weight is 421 g/mol. The minimum atomic E-state index is -0.469. The van der Waals surface area contributed by atoms with E-state index in [4.69, 9.17) is 23.2 Å². The lowest BCUT2D eigenvalue weighted by Crippen LogP contribution is -2.62. The lowest BCUT2D eigenvalue weighted by molar-refractivity contribution is -0.152. The Bertz CT molecular complexity index is 845. The van der Waals surface area contributed by atoms with Gasteiger partial charge in [-0.3, -0.25) is 0 Å². The molecule has 6 fully saturated rings. The Hall–Kier alpha value is -0.970. The van der Waals surface area contributed by atoms with Crippen LogP contribution in [-0.2, 0) is 5.54 Å². The van der Waals surface area contributed by atoms with Crippen LogP contribution in [0, 0.1) is 17.8 Å². The van der Waals surface area contributed by atoms with Gasteiger partial charge in [-0.2, -0.15) is 0 Å². The molecule has 2 saturated heterocycles. The van der Waals surface area contributed by atoms with Gasteiger partial charge in [0, 0.05) is 22.6 Å². The molecule has 0 radical (unpaired) electrons. The van der Waals surface area contributed by atoms with Crippen molar-refractivity contribution in [2.45, 2.75) is 62.1 Å². The second kappa shape index (κ2) is 5.80. The predicted molar refractivity (Wildman–Crippen MR) is 108 cm³/mol. The van der Waals surface area contributed by atoms with Crippen molar-refractivity contribution >= 4 is 29.2 Å². The molecule has 2 amide bonds. The molecular formula is C22H26Cl2N2O2. The number of hydrogen-bond acceptors (Lipinski definition) is 2. The van der Waals surface area contributed by atoms with Gasteiger partial charge in [0.2, 0.25) is 0 Å². The Morgan fingerprint density at radius 2 is 1.86 bits per heavy atom. The van der Waals surface area contributed by atoms with Crippen LogP contribution in [0.3, 0.4) is 0 Å². The summed E-state index contributed by atoms with van der Waals surface area (Å²) in [6, 6.07) is 6.15. The quantitative estimate of drug-likeness (QED) is 0.755. The Morgan fingerprint density at radius 3 is 2.54 bits per heavy atom. The summed E-state index contributed by atoms with van der Waals surface area (Å²) in [6.07, 6.45) is 7.00. The highest BCUT2D eigenvalue weighted by molar-refractivity contribution is 6.35. The van der Waals surface area contributed by atoms with E-state index in [0.29, 0.717) is 34.3 Å². The van der Waals surface area contributed by atoms with Crippen LogP contribution in [0.1, 0.15) is 50.5 Å². The van der Waals surface area contributed by atoms with Crippen LogP contribution in [0.25, 0.3) is 0 Å². The molecule has 4 aliphatic carbocycles. The van der Waals surface area contributed by atoms with Crippen LogP contribution in [0.4, 0.5) is 4.79 Å². The molecular weight excluding hydrogens is 395 g/mol. The molecule has 4 saturated carbocycles. The monoisotopic (exact) mass is 420 g/mol. The van der Waals surface area contributed by atoms with Crippen LogP contribution < -0.4 is 0 Å². The fourth-order valence-corrected chi connectivity index (χ4v) is 8.34. The number of benzene rings is 1. The van der Waals surface area contributed by atoms with Gasteiger partial charge in [0.15, 0.2) is 0 Å². The number of amides is 2. The zero-order valence-electron chi connectivity index (χ0n) is 15.9. The van der Waals surface area contributed by atoms with Crippen molar-refractivity contribution in [2.75, 3.05) is 13.1 Å². The van der Waals surface area contributed by atoms with Crippen LogP contribution >= 0.6 is 23.2 Å². The van der Waals surface area contributed by atoms with Crippen LogP contribution in [-0.4, -0.2) is 45.7 Å². The van der Waals surface area contributed by atoms with Crippen molar-refractivity contribution < 1.29 is 9.90 Å². The van der Waals surface area contributed by atoms with Crippen molar-refractivity contribution in [3.63, 3.8) is 0 Å². The summed E-state index contributed by atoms with van der Waals surface area (Å²) in [4.78, 5) is 17.8. The summed E-state index contributed by atoms with van der Waals surface area (Å²) in [5.74, 6) is 1.53.